The van der Waals surface area contributed by atoms with Crippen LogP contribution in [-0.4, -0.2) is 36.1 Å². The predicted octanol–water partition coefficient (Wildman–Crippen LogP) is 3.06. The largest absolute Gasteiger partial charge is 0.508 e. The second kappa shape index (κ2) is 6.98. The molecule has 1 amide bonds. The van der Waals surface area contributed by atoms with Gasteiger partial charge in [-0.2, -0.15) is 0 Å². The Morgan fingerprint density at radius 2 is 1.64 bits per heavy atom. The van der Waals surface area contributed by atoms with Crippen molar-refractivity contribution in [2.45, 2.75) is 18.9 Å². The van der Waals surface area contributed by atoms with Crippen LogP contribution in [0.2, 0.25) is 0 Å². The lowest BCUT2D eigenvalue weighted by atomic mass is 9.92. The molecule has 0 unspecified atom stereocenters. The van der Waals surface area contributed by atoms with Crippen LogP contribution < -0.4 is 5.32 Å². The summed E-state index contributed by atoms with van der Waals surface area (Å²) in [5.74, 6) is 0.242. The van der Waals surface area contributed by atoms with E-state index in [-0.39, 0.29) is 23.6 Å². The van der Waals surface area contributed by atoms with Crippen molar-refractivity contribution in [2.75, 3.05) is 19.4 Å². The van der Waals surface area contributed by atoms with Crippen molar-refractivity contribution in [1.29, 1.82) is 0 Å². The number of amides is 1. The number of nitrogens with zero attached hydrogens (tertiary/aromatic N) is 1. The van der Waals surface area contributed by atoms with Gasteiger partial charge in [0.2, 0.25) is 5.91 Å². The van der Waals surface area contributed by atoms with Crippen LogP contribution >= 0.6 is 0 Å². The van der Waals surface area contributed by atoms with Crippen LogP contribution in [0.3, 0.4) is 0 Å². The molecule has 0 aromatic heterocycles. The number of nitrogens with one attached hydrogen (secondary N) is 1. The van der Waals surface area contributed by atoms with Gasteiger partial charge in [0.05, 0.1) is 0 Å². The Morgan fingerprint density at radius 3 is 2.18 bits per heavy atom. The molecule has 2 atom stereocenters. The Hall–Kier alpha value is -2.49. The summed E-state index contributed by atoms with van der Waals surface area (Å²) in [6, 6.07) is 16.3. The summed E-state index contributed by atoms with van der Waals surface area (Å²) in [4.78, 5) is 14.1. The van der Waals surface area contributed by atoms with Gasteiger partial charge in [-0.25, -0.2) is 0 Å². The summed E-state index contributed by atoms with van der Waals surface area (Å²) in [7, 11) is 3.51. The molecule has 0 radical (unpaired) electrons. The maximum atomic E-state index is 12.5. The average molecular weight is 298 g/mol. The molecular weight excluding hydrogens is 276 g/mol. The van der Waals surface area contributed by atoms with Gasteiger partial charge in [-0.15, -0.1) is 0 Å². The van der Waals surface area contributed by atoms with Gasteiger partial charge in [0.1, 0.15) is 11.8 Å². The zero-order chi connectivity index (χ0) is 16.1. The summed E-state index contributed by atoms with van der Waals surface area (Å²) in [5.41, 5.74) is 1.91. The van der Waals surface area contributed by atoms with Gasteiger partial charge in [0.25, 0.3) is 0 Å². The van der Waals surface area contributed by atoms with E-state index in [4.69, 9.17) is 0 Å². The number of rotatable bonds is 5. The molecule has 0 spiro atoms. The molecule has 2 N–H and O–H groups in total. The van der Waals surface area contributed by atoms with Gasteiger partial charge in [0, 0.05) is 25.7 Å². The number of likely N-dealkylation sites (N-methyl/N-ethyl adjacent to an activating group) is 1. The monoisotopic (exact) mass is 298 g/mol. The Bertz CT molecular complexity index is 609. The first-order valence-corrected chi connectivity index (χ1v) is 7.30. The molecule has 4 heteroatoms. The Labute approximate surface area is 131 Å². The van der Waals surface area contributed by atoms with Gasteiger partial charge in [-0.3, -0.25) is 4.79 Å². The quantitative estimate of drug-likeness (QED) is 0.834. The van der Waals surface area contributed by atoms with Crippen molar-refractivity contribution < 1.29 is 9.90 Å². The lowest BCUT2D eigenvalue weighted by Crippen LogP contribution is -2.42. The Balaban J connectivity index is 2.26. The van der Waals surface area contributed by atoms with Gasteiger partial charge in [-0.05, 0) is 29.8 Å². The van der Waals surface area contributed by atoms with Gasteiger partial charge >= 0.3 is 0 Å². The van der Waals surface area contributed by atoms with Crippen molar-refractivity contribution in [1.82, 2.24) is 4.90 Å². The highest BCUT2D eigenvalue weighted by Crippen LogP contribution is 2.24. The van der Waals surface area contributed by atoms with Crippen LogP contribution in [0.1, 0.15) is 18.4 Å². The van der Waals surface area contributed by atoms with Gasteiger partial charge in [-0.1, -0.05) is 37.3 Å². The molecule has 0 aliphatic heterocycles. The highest BCUT2D eigenvalue weighted by molar-refractivity contribution is 5.85. The van der Waals surface area contributed by atoms with E-state index in [0.29, 0.717) is 0 Å². The summed E-state index contributed by atoms with van der Waals surface area (Å²) < 4.78 is 0. The minimum absolute atomic E-state index is 0.0180. The van der Waals surface area contributed by atoms with E-state index >= 15 is 0 Å². The molecule has 0 bridgehead atoms. The lowest BCUT2D eigenvalue weighted by molar-refractivity contribution is -0.129. The lowest BCUT2D eigenvalue weighted by Gasteiger charge is -2.28. The zero-order valence-corrected chi connectivity index (χ0v) is 13.2. The number of phenolic OH excluding ortho intramolecular Hbond substituents is 1. The molecule has 0 heterocycles. The molecule has 22 heavy (non-hydrogen) atoms. The zero-order valence-electron chi connectivity index (χ0n) is 13.2. The minimum Gasteiger partial charge on any atom is -0.508 e. The van der Waals surface area contributed by atoms with E-state index in [2.05, 4.69) is 5.32 Å². The van der Waals surface area contributed by atoms with Crippen molar-refractivity contribution in [3.05, 3.63) is 60.2 Å². The van der Waals surface area contributed by atoms with E-state index in [1.54, 1.807) is 43.3 Å². The molecule has 2 rings (SSSR count). The third kappa shape index (κ3) is 3.79. The number of benzene rings is 2. The Kier molecular flexibility index (Phi) is 5.04. The van der Waals surface area contributed by atoms with Crippen LogP contribution in [0.15, 0.2) is 54.6 Å². The molecule has 0 fully saturated rings. The molecule has 0 saturated carbocycles. The molecule has 0 saturated heterocycles. The van der Waals surface area contributed by atoms with E-state index < -0.39 is 0 Å². The maximum absolute atomic E-state index is 12.5. The van der Waals surface area contributed by atoms with E-state index in [1.807, 2.05) is 37.3 Å². The molecule has 116 valence electrons. The fraction of sp³-hybridized carbons (Fsp3) is 0.278. The van der Waals surface area contributed by atoms with Crippen molar-refractivity contribution >= 4 is 11.6 Å². The first kappa shape index (κ1) is 15.9. The normalized spacial score (nSPS) is 13.2. The van der Waals surface area contributed by atoms with Crippen molar-refractivity contribution in [2.24, 2.45) is 0 Å². The molecule has 2 aromatic rings. The fourth-order valence-corrected chi connectivity index (χ4v) is 2.37. The molecular formula is C18H22N2O2. The summed E-state index contributed by atoms with van der Waals surface area (Å²) >= 11 is 0. The summed E-state index contributed by atoms with van der Waals surface area (Å²) in [5, 5.41) is 12.7. The third-order valence-corrected chi connectivity index (χ3v) is 3.72. The van der Waals surface area contributed by atoms with Crippen LogP contribution in [0.4, 0.5) is 5.69 Å². The summed E-state index contributed by atoms with van der Waals surface area (Å²) in [6.07, 6.45) is 0. The predicted molar refractivity (Wildman–Crippen MR) is 89.1 cm³/mol. The van der Waals surface area contributed by atoms with Gasteiger partial charge in [0.15, 0.2) is 0 Å². The number of hydrogen-bond acceptors (Lipinski definition) is 3. The first-order chi connectivity index (χ1) is 10.5. The number of hydrogen-bond donors (Lipinski definition) is 2. The fourth-order valence-electron chi connectivity index (χ4n) is 2.37. The first-order valence-electron chi connectivity index (χ1n) is 7.30. The van der Waals surface area contributed by atoms with E-state index in [0.717, 1.165) is 11.3 Å². The standard InChI is InChI=1S/C18H22N2O2/c1-13(14-7-5-4-6-8-14)17(18(22)20(2)3)19-15-9-11-16(21)12-10-15/h4-13,17,19,21H,1-3H3/t13-,17-/m0/s1. The number of phenols is 1. The van der Waals surface area contributed by atoms with Crippen molar-refractivity contribution in [3.8, 4) is 5.75 Å². The van der Waals surface area contributed by atoms with Crippen LogP contribution in [0.25, 0.3) is 0 Å². The SMILES string of the molecule is C[C@@H](c1ccccc1)[C@H](Nc1ccc(O)cc1)C(=O)N(C)C. The maximum Gasteiger partial charge on any atom is 0.245 e. The topological polar surface area (TPSA) is 52.6 Å². The smallest absolute Gasteiger partial charge is 0.245 e. The minimum atomic E-state index is -0.373. The molecule has 0 aliphatic rings. The number of anilines is 1. The molecule has 2 aromatic carbocycles. The second-order valence-corrected chi connectivity index (χ2v) is 5.60. The number of carbonyl (C=O) groups is 1. The van der Waals surface area contributed by atoms with E-state index in [1.165, 1.54) is 0 Å². The number of carbonyl (C=O) groups excluding carboxylic acids is 1. The third-order valence-electron chi connectivity index (χ3n) is 3.72. The molecule has 4 nitrogen and oxygen atoms in total. The highest BCUT2D eigenvalue weighted by atomic mass is 16.3. The van der Waals surface area contributed by atoms with Crippen LogP contribution in [0, 0.1) is 0 Å². The van der Waals surface area contributed by atoms with Gasteiger partial charge < -0.3 is 15.3 Å². The second-order valence-electron chi connectivity index (χ2n) is 5.60. The average Bonchev–Trinajstić information content (AvgIpc) is 2.54. The van der Waals surface area contributed by atoms with E-state index in [9.17, 15) is 9.90 Å². The molecule has 0 aliphatic carbocycles. The van der Waals surface area contributed by atoms with Crippen LogP contribution in [-0.2, 0) is 4.79 Å². The van der Waals surface area contributed by atoms with Crippen molar-refractivity contribution in [3.63, 3.8) is 0 Å². The Morgan fingerprint density at radius 1 is 1.05 bits per heavy atom. The highest BCUT2D eigenvalue weighted by Gasteiger charge is 2.27. The van der Waals surface area contributed by atoms with Crippen LogP contribution in [0.5, 0.6) is 5.75 Å². The number of aromatic hydroxyl groups is 1. The summed E-state index contributed by atoms with van der Waals surface area (Å²) in [6.45, 7) is 2.04.